The summed E-state index contributed by atoms with van der Waals surface area (Å²) in [6, 6.07) is 18.3. The average molecular weight is 592 g/mol. The summed E-state index contributed by atoms with van der Waals surface area (Å²) in [7, 11) is 1.63. The summed E-state index contributed by atoms with van der Waals surface area (Å²) in [5, 5.41) is 10.2. The van der Waals surface area contributed by atoms with Crippen LogP contribution in [0.1, 0.15) is 39.5 Å². The number of thiol groups is 1. The lowest BCUT2D eigenvalue weighted by Gasteiger charge is -2.25. The van der Waals surface area contributed by atoms with Crippen molar-refractivity contribution in [3.05, 3.63) is 106 Å². The van der Waals surface area contributed by atoms with E-state index in [0.29, 0.717) is 48.0 Å². The maximum atomic E-state index is 13.8. The lowest BCUT2D eigenvalue weighted by Crippen LogP contribution is -2.41. The molecule has 9 nitrogen and oxygen atoms in total. The zero-order chi connectivity index (χ0) is 29.2. The van der Waals surface area contributed by atoms with Crippen molar-refractivity contribution in [3.8, 4) is 5.75 Å². The van der Waals surface area contributed by atoms with E-state index in [1.807, 2.05) is 41.8 Å². The molecule has 2 aromatic heterocycles. The van der Waals surface area contributed by atoms with Crippen LogP contribution >= 0.6 is 24.0 Å². The minimum atomic E-state index is -0.568. The topological polar surface area (TPSA) is 119 Å². The number of amides is 1. The SMILES string of the molecule is COc1ccc(COCCc2csc(NC(S)N(N)Cc3cccnc3)c2C(=O)c2ccc(NC(C)=O)cc2)cc1. The Morgan fingerprint density at radius 1 is 1.10 bits per heavy atom. The standard InChI is InChI=1S/C30H33N5O4S2/c1-20(36)33-25-9-7-23(8-10-25)28(37)27-24(13-15-39-18-21-5-11-26(38-2)12-6-21)19-41-29(27)34-30(40)35(31)17-22-4-3-14-32-16-22/h3-12,14,16,19,30,34,40H,13,15,17-18,31H2,1-2H3,(H,33,36). The molecule has 2 aromatic carbocycles. The molecule has 0 radical (unpaired) electrons. The van der Waals surface area contributed by atoms with Gasteiger partial charge in [-0.1, -0.05) is 18.2 Å². The molecule has 1 atom stereocenters. The van der Waals surface area contributed by atoms with E-state index in [9.17, 15) is 9.59 Å². The number of anilines is 2. The van der Waals surface area contributed by atoms with Crippen LogP contribution in [0, 0.1) is 0 Å². The molecule has 4 aromatic rings. The molecule has 0 bridgehead atoms. The van der Waals surface area contributed by atoms with Crippen molar-refractivity contribution in [2.75, 3.05) is 24.4 Å². The number of hydrazine groups is 1. The number of aromatic nitrogens is 1. The second kappa shape index (κ2) is 14.8. The third kappa shape index (κ3) is 8.62. The molecule has 0 aliphatic rings. The molecule has 2 heterocycles. The number of ether oxygens (including phenoxy) is 2. The Balaban J connectivity index is 1.49. The number of rotatable bonds is 14. The molecule has 1 unspecified atom stereocenters. The normalized spacial score (nSPS) is 11.7. The van der Waals surface area contributed by atoms with E-state index in [0.717, 1.165) is 22.4 Å². The zero-order valence-electron chi connectivity index (χ0n) is 22.9. The number of hydrogen-bond donors (Lipinski definition) is 4. The van der Waals surface area contributed by atoms with Gasteiger partial charge in [0.15, 0.2) is 5.78 Å². The summed E-state index contributed by atoms with van der Waals surface area (Å²) in [5.74, 6) is 6.76. The number of hydrogen-bond acceptors (Lipinski definition) is 10. The van der Waals surface area contributed by atoms with Gasteiger partial charge in [0.25, 0.3) is 0 Å². The lowest BCUT2D eigenvalue weighted by molar-refractivity contribution is -0.114. The highest BCUT2D eigenvalue weighted by atomic mass is 32.1. The molecular weight excluding hydrogens is 558 g/mol. The van der Waals surface area contributed by atoms with E-state index in [1.165, 1.54) is 23.3 Å². The van der Waals surface area contributed by atoms with Crippen LogP contribution in [-0.4, -0.2) is 40.9 Å². The smallest absolute Gasteiger partial charge is 0.221 e. The van der Waals surface area contributed by atoms with Crippen molar-refractivity contribution >= 4 is 46.3 Å². The highest BCUT2D eigenvalue weighted by Crippen LogP contribution is 2.32. The summed E-state index contributed by atoms with van der Waals surface area (Å²) in [4.78, 5) is 29.3. The summed E-state index contributed by atoms with van der Waals surface area (Å²) in [6.07, 6.45) is 3.99. The van der Waals surface area contributed by atoms with Gasteiger partial charge in [-0.2, -0.15) is 0 Å². The van der Waals surface area contributed by atoms with E-state index in [4.69, 9.17) is 15.3 Å². The van der Waals surface area contributed by atoms with Gasteiger partial charge >= 0.3 is 0 Å². The minimum Gasteiger partial charge on any atom is -0.497 e. The van der Waals surface area contributed by atoms with Gasteiger partial charge in [-0.25, -0.2) is 5.01 Å². The number of nitrogens with one attached hydrogen (secondary N) is 2. The molecule has 1 amide bonds. The van der Waals surface area contributed by atoms with Gasteiger partial charge in [-0.05, 0) is 71.0 Å². The molecule has 0 saturated carbocycles. The van der Waals surface area contributed by atoms with Crippen molar-refractivity contribution in [3.63, 3.8) is 0 Å². The summed E-state index contributed by atoms with van der Waals surface area (Å²) >= 11 is 6.07. The first-order valence-corrected chi connectivity index (χ1v) is 14.3. The van der Waals surface area contributed by atoms with Crippen LogP contribution in [0.25, 0.3) is 0 Å². The van der Waals surface area contributed by atoms with E-state index in [1.54, 1.807) is 43.8 Å². The van der Waals surface area contributed by atoms with Crippen LogP contribution < -0.4 is 21.2 Å². The second-order valence-corrected chi connectivity index (χ2v) is 10.6. The van der Waals surface area contributed by atoms with Gasteiger partial charge in [0.2, 0.25) is 5.91 Å². The van der Waals surface area contributed by atoms with Crippen molar-refractivity contribution in [1.29, 1.82) is 0 Å². The van der Waals surface area contributed by atoms with Crippen LogP contribution in [0.4, 0.5) is 10.7 Å². The van der Waals surface area contributed by atoms with Crippen LogP contribution in [0.2, 0.25) is 0 Å². The first-order valence-electron chi connectivity index (χ1n) is 12.9. The fraction of sp³-hybridized carbons (Fsp3) is 0.233. The van der Waals surface area contributed by atoms with Crippen LogP contribution in [0.15, 0.2) is 78.4 Å². The zero-order valence-corrected chi connectivity index (χ0v) is 24.6. The average Bonchev–Trinajstić information content (AvgIpc) is 3.37. The third-order valence-corrected chi connectivity index (χ3v) is 7.55. The fourth-order valence-corrected chi connectivity index (χ4v) is 5.38. The largest absolute Gasteiger partial charge is 0.497 e. The maximum absolute atomic E-state index is 13.8. The van der Waals surface area contributed by atoms with Crippen molar-refractivity contribution in [2.24, 2.45) is 5.84 Å². The molecule has 4 rings (SSSR count). The van der Waals surface area contributed by atoms with Crippen LogP contribution in [-0.2, 0) is 29.1 Å². The Morgan fingerprint density at radius 3 is 2.51 bits per heavy atom. The van der Waals surface area contributed by atoms with E-state index in [2.05, 4.69) is 28.2 Å². The Labute approximate surface area is 249 Å². The molecule has 0 spiro atoms. The monoisotopic (exact) mass is 591 g/mol. The summed E-state index contributed by atoms with van der Waals surface area (Å²) < 4.78 is 11.1. The van der Waals surface area contributed by atoms with Gasteiger partial charge in [0, 0.05) is 37.1 Å². The molecular formula is C30H33N5O4S2. The molecule has 214 valence electrons. The number of carbonyl (C=O) groups excluding carboxylic acids is 2. The number of pyridine rings is 1. The van der Waals surface area contributed by atoms with Crippen LogP contribution in [0.3, 0.4) is 0 Å². The molecule has 4 N–H and O–H groups in total. The van der Waals surface area contributed by atoms with Crippen molar-refractivity contribution < 1.29 is 19.1 Å². The predicted molar refractivity (Wildman–Crippen MR) is 165 cm³/mol. The van der Waals surface area contributed by atoms with Gasteiger partial charge in [-0.3, -0.25) is 20.4 Å². The number of thiophene rings is 1. The first kappa shape index (κ1) is 30.2. The number of methoxy groups -OCH3 is 1. The van der Waals surface area contributed by atoms with Gasteiger partial charge in [0.05, 0.1) is 25.9 Å². The van der Waals surface area contributed by atoms with Crippen LogP contribution in [0.5, 0.6) is 5.75 Å². The molecule has 0 aliphatic heterocycles. The van der Waals surface area contributed by atoms with E-state index >= 15 is 0 Å². The summed E-state index contributed by atoms with van der Waals surface area (Å²) in [5.41, 5.74) is 3.92. The molecule has 41 heavy (non-hydrogen) atoms. The first-order chi connectivity index (χ1) is 19.8. The minimum absolute atomic E-state index is 0.148. The van der Waals surface area contributed by atoms with Gasteiger partial charge in [-0.15, -0.1) is 24.0 Å². The molecule has 0 fully saturated rings. The Morgan fingerprint density at radius 2 is 1.85 bits per heavy atom. The second-order valence-electron chi connectivity index (χ2n) is 9.25. The Bertz CT molecular complexity index is 1430. The van der Waals surface area contributed by atoms with Crippen molar-refractivity contribution in [1.82, 2.24) is 9.99 Å². The number of benzene rings is 2. The summed E-state index contributed by atoms with van der Waals surface area (Å²) in [6.45, 7) is 2.73. The highest BCUT2D eigenvalue weighted by Gasteiger charge is 2.23. The molecule has 11 heteroatoms. The van der Waals surface area contributed by atoms with E-state index < -0.39 is 5.50 Å². The number of nitrogens with zero attached hydrogens (tertiary/aromatic N) is 2. The highest BCUT2D eigenvalue weighted by molar-refractivity contribution is 7.81. The third-order valence-electron chi connectivity index (χ3n) is 6.17. The molecule has 0 saturated heterocycles. The van der Waals surface area contributed by atoms with E-state index in [-0.39, 0.29) is 11.7 Å². The lowest BCUT2D eigenvalue weighted by atomic mass is 10.00. The quantitative estimate of drug-likeness (QED) is 0.0400. The van der Waals surface area contributed by atoms with Crippen molar-refractivity contribution in [2.45, 2.75) is 32.0 Å². The van der Waals surface area contributed by atoms with Gasteiger partial charge in [0.1, 0.15) is 16.2 Å². The Hall–Kier alpha value is -3.74. The Kier molecular flexibility index (Phi) is 10.9. The number of carbonyl (C=O) groups is 2. The number of nitrogens with two attached hydrogens (primary N) is 1. The fourth-order valence-electron chi connectivity index (χ4n) is 4.07. The molecule has 0 aliphatic carbocycles. The predicted octanol–water partition coefficient (Wildman–Crippen LogP) is 5.10. The van der Waals surface area contributed by atoms with Gasteiger partial charge < -0.3 is 20.1 Å². The number of ketones is 1. The maximum Gasteiger partial charge on any atom is 0.221 e.